The van der Waals surface area contributed by atoms with Crippen LogP contribution in [0, 0.1) is 27.7 Å². The van der Waals surface area contributed by atoms with Gasteiger partial charge in [0, 0.05) is 11.8 Å². The predicted molar refractivity (Wildman–Crippen MR) is 110 cm³/mol. The number of carbonyl (C=O) groups is 1. The average molecular weight is 377 g/mol. The number of benzene rings is 2. The molecule has 4 aromatic rings. The van der Waals surface area contributed by atoms with Gasteiger partial charge in [0.15, 0.2) is 4.96 Å². The minimum absolute atomic E-state index is 0.250. The van der Waals surface area contributed by atoms with Crippen molar-refractivity contribution in [2.24, 2.45) is 0 Å². The number of anilines is 1. The van der Waals surface area contributed by atoms with E-state index in [1.165, 1.54) is 17.4 Å². The molecule has 0 fully saturated rings. The molecular weight excluding hydrogens is 358 g/mol. The third kappa shape index (κ3) is 3.02. The molecule has 5 nitrogen and oxygen atoms in total. The Balaban J connectivity index is 1.79. The molecule has 1 amide bonds. The maximum atomic E-state index is 12.7. The van der Waals surface area contributed by atoms with Crippen molar-refractivity contribution in [3.8, 4) is 0 Å². The van der Waals surface area contributed by atoms with Crippen molar-refractivity contribution in [3.63, 3.8) is 0 Å². The number of fused-ring (bicyclic) bond motifs is 3. The zero-order valence-electron chi connectivity index (χ0n) is 15.6. The van der Waals surface area contributed by atoms with Gasteiger partial charge in [-0.1, -0.05) is 29.0 Å². The summed E-state index contributed by atoms with van der Waals surface area (Å²) >= 11 is 1.21. The van der Waals surface area contributed by atoms with E-state index in [-0.39, 0.29) is 11.5 Å². The third-order valence-corrected chi connectivity index (χ3v) is 5.75. The van der Waals surface area contributed by atoms with E-state index in [4.69, 9.17) is 0 Å². The van der Waals surface area contributed by atoms with Crippen LogP contribution in [0.15, 0.2) is 41.2 Å². The van der Waals surface area contributed by atoms with Gasteiger partial charge in [-0.05, 0) is 62.6 Å². The number of imidazole rings is 1. The second-order valence-corrected chi connectivity index (χ2v) is 7.89. The van der Waals surface area contributed by atoms with E-state index in [1.807, 2.05) is 58.0 Å². The van der Waals surface area contributed by atoms with Gasteiger partial charge < -0.3 is 5.32 Å². The van der Waals surface area contributed by atoms with Gasteiger partial charge in [-0.25, -0.2) is 4.98 Å². The molecule has 4 rings (SSSR count). The maximum absolute atomic E-state index is 12.7. The highest BCUT2D eigenvalue weighted by Crippen LogP contribution is 2.24. The van der Waals surface area contributed by atoms with Gasteiger partial charge in [0.05, 0.1) is 11.0 Å². The molecule has 2 heterocycles. The number of rotatable bonds is 2. The highest BCUT2D eigenvalue weighted by atomic mass is 32.1. The Hall–Kier alpha value is -2.99. The van der Waals surface area contributed by atoms with Crippen LogP contribution in [-0.2, 0) is 0 Å². The van der Waals surface area contributed by atoms with E-state index in [0.717, 1.165) is 39.0 Å². The summed E-state index contributed by atoms with van der Waals surface area (Å²) in [7, 11) is 0. The second kappa shape index (κ2) is 6.32. The lowest BCUT2D eigenvalue weighted by Gasteiger charge is -2.08. The first kappa shape index (κ1) is 17.4. The van der Waals surface area contributed by atoms with Gasteiger partial charge in [-0.15, -0.1) is 0 Å². The molecule has 0 aliphatic carbocycles. The molecule has 1 N–H and O–H groups in total. The normalized spacial score (nSPS) is 11.3. The van der Waals surface area contributed by atoms with Crippen molar-refractivity contribution < 1.29 is 4.79 Å². The predicted octanol–water partition coefficient (Wildman–Crippen LogP) is 4.40. The zero-order valence-corrected chi connectivity index (χ0v) is 16.4. The van der Waals surface area contributed by atoms with Gasteiger partial charge >= 0.3 is 0 Å². The van der Waals surface area contributed by atoms with Crippen molar-refractivity contribution >= 4 is 38.9 Å². The van der Waals surface area contributed by atoms with Crippen molar-refractivity contribution in [2.75, 3.05) is 5.32 Å². The summed E-state index contributed by atoms with van der Waals surface area (Å²) in [6, 6.07) is 11.1. The molecule has 0 aliphatic rings. The number of hydrogen-bond acceptors (Lipinski definition) is 4. The number of hydrogen-bond donors (Lipinski definition) is 1. The molecular formula is C21H19N3O2S. The largest absolute Gasteiger partial charge is 0.321 e. The maximum Gasteiger partial charge on any atom is 0.266 e. The molecule has 2 aromatic carbocycles. The minimum Gasteiger partial charge on any atom is -0.321 e. The fraction of sp³-hybridized carbons (Fsp3) is 0.190. The van der Waals surface area contributed by atoms with Gasteiger partial charge in [0.2, 0.25) is 0 Å². The Kier molecular flexibility index (Phi) is 4.08. The van der Waals surface area contributed by atoms with E-state index >= 15 is 0 Å². The molecule has 0 aliphatic heterocycles. The fourth-order valence-corrected chi connectivity index (χ4v) is 4.07. The average Bonchev–Trinajstić information content (AvgIpc) is 2.95. The lowest BCUT2D eigenvalue weighted by molar-refractivity contribution is 0.103. The first-order chi connectivity index (χ1) is 12.8. The van der Waals surface area contributed by atoms with E-state index in [0.29, 0.717) is 9.84 Å². The van der Waals surface area contributed by atoms with Gasteiger partial charge in [-0.3, -0.25) is 14.0 Å². The second-order valence-electron chi connectivity index (χ2n) is 6.88. The lowest BCUT2D eigenvalue weighted by atomic mass is 10.1. The molecule has 6 heteroatoms. The van der Waals surface area contributed by atoms with Gasteiger partial charge in [0.25, 0.3) is 11.5 Å². The van der Waals surface area contributed by atoms with Crippen molar-refractivity contribution in [1.82, 2.24) is 9.38 Å². The highest BCUT2D eigenvalue weighted by Gasteiger charge is 2.15. The van der Waals surface area contributed by atoms with E-state index in [2.05, 4.69) is 10.3 Å². The molecule has 0 spiro atoms. The van der Waals surface area contributed by atoms with Crippen LogP contribution in [0.25, 0.3) is 16.0 Å². The van der Waals surface area contributed by atoms with Gasteiger partial charge in [-0.2, -0.15) is 0 Å². The Labute approximate surface area is 160 Å². The van der Waals surface area contributed by atoms with E-state index in [9.17, 15) is 9.59 Å². The first-order valence-corrected chi connectivity index (χ1v) is 9.47. The molecule has 136 valence electrons. The lowest BCUT2D eigenvalue weighted by Crippen LogP contribution is -2.17. The van der Waals surface area contributed by atoms with Crippen LogP contribution in [0.5, 0.6) is 0 Å². The molecule has 0 unspecified atom stereocenters. The minimum atomic E-state index is -0.300. The molecule has 27 heavy (non-hydrogen) atoms. The SMILES string of the molecule is Cc1ccc(NC(=O)c2cc(=O)n3c(nc4cc(C)c(C)cc43)s2)c(C)c1. The van der Waals surface area contributed by atoms with Crippen molar-refractivity contribution in [3.05, 3.63) is 73.9 Å². The number of nitrogens with zero attached hydrogens (tertiary/aromatic N) is 2. The van der Waals surface area contributed by atoms with Crippen LogP contribution in [0.3, 0.4) is 0 Å². The monoisotopic (exact) mass is 377 g/mol. The Morgan fingerprint density at radius 1 is 1.00 bits per heavy atom. The molecule has 0 atom stereocenters. The van der Waals surface area contributed by atoms with Crippen LogP contribution >= 0.6 is 11.3 Å². The molecule has 0 saturated heterocycles. The third-order valence-electron chi connectivity index (χ3n) is 4.77. The van der Waals surface area contributed by atoms with E-state index in [1.54, 1.807) is 4.40 Å². The summed E-state index contributed by atoms with van der Waals surface area (Å²) in [5.41, 5.74) is 6.36. The summed E-state index contributed by atoms with van der Waals surface area (Å²) in [6.07, 6.45) is 0. The summed E-state index contributed by atoms with van der Waals surface area (Å²) in [6.45, 7) is 7.97. The Bertz CT molecular complexity index is 1280. The van der Waals surface area contributed by atoms with Crippen molar-refractivity contribution in [1.29, 1.82) is 0 Å². The Morgan fingerprint density at radius 3 is 2.48 bits per heavy atom. The zero-order chi connectivity index (χ0) is 19.3. The van der Waals surface area contributed by atoms with Gasteiger partial charge in [0.1, 0.15) is 4.88 Å². The Morgan fingerprint density at radius 2 is 1.74 bits per heavy atom. The summed E-state index contributed by atoms with van der Waals surface area (Å²) in [5.74, 6) is -0.300. The van der Waals surface area contributed by atoms with Crippen LogP contribution in [0.2, 0.25) is 0 Å². The van der Waals surface area contributed by atoms with Crippen LogP contribution in [-0.4, -0.2) is 15.3 Å². The standard InChI is InChI=1S/C21H19N3O2S/c1-11-5-6-15(14(4)7-11)22-20(26)18-10-19(25)24-17-9-13(3)12(2)8-16(17)23-21(24)27-18/h5-10H,1-4H3,(H,22,26). The number of aromatic nitrogens is 2. The topological polar surface area (TPSA) is 63.5 Å². The summed E-state index contributed by atoms with van der Waals surface area (Å²) in [5, 5.41) is 2.89. The quantitative estimate of drug-likeness (QED) is 0.563. The molecule has 0 saturated carbocycles. The molecule has 0 radical (unpaired) electrons. The van der Waals surface area contributed by atoms with Crippen LogP contribution in [0.4, 0.5) is 5.69 Å². The van der Waals surface area contributed by atoms with Crippen molar-refractivity contribution in [2.45, 2.75) is 27.7 Å². The first-order valence-electron chi connectivity index (χ1n) is 8.65. The number of amides is 1. The number of nitrogens with one attached hydrogen (secondary N) is 1. The van der Waals surface area contributed by atoms with E-state index < -0.39 is 0 Å². The fourth-order valence-electron chi connectivity index (χ4n) is 3.15. The molecule has 0 bridgehead atoms. The summed E-state index contributed by atoms with van der Waals surface area (Å²) < 4.78 is 1.57. The molecule has 2 aromatic heterocycles. The smallest absolute Gasteiger partial charge is 0.266 e. The highest BCUT2D eigenvalue weighted by molar-refractivity contribution is 7.18. The van der Waals surface area contributed by atoms with Crippen LogP contribution in [0.1, 0.15) is 31.9 Å². The number of aryl methyl sites for hydroxylation is 4. The summed E-state index contributed by atoms with van der Waals surface area (Å²) in [4.78, 5) is 30.8. The van der Waals surface area contributed by atoms with Crippen LogP contribution < -0.4 is 10.9 Å². The number of carbonyl (C=O) groups excluding carboxylic acids is 1.